The Labute approximate surface area is 198 Å². The van der Waals surface area contributed by atoms with E-state index >= 15 is 0 Å². The molecule has 0 atom stereocenters. The van der Waals surface area contributed by atoms with Crippen LogP contribution in [0.25, 0.3) is 43.5 Å². The summed E-state index contributed by atoms with van der Waals surface area (Å²) in [6.07, 6.45) is 0. The molecule has 1 N–H and O–H groups in total. The molecular formula is C26H17BNO4PS. The number of sulfonamides is 1. The van der Waals surface area contributed by atoms with Crippen LogP contribution in [0, 0.1) is 0 Å². The summed E-state index contributed by atoms with van der Waals surface area (Å²) in [7, 11) is -0.269. The second-order valence-corrected chi connectivity index (χ2v) is 11.0. The molecule has 0 unspecified atom stereocenters. The van der Waals surface area contributed by atoms with Crippen molar-refractivity contribution in [2.75, 3.05) is 4.49 Å². The van der Waals surface area contributed by atoms with Crippen LogP contribution in [0.3, 0.4) is 0 Å². The summed E-state index contributed by atoms with van der Waals surface area (Å²) in [5, 5.41) is 5.86. The van der Waals surface area contributed by atoms with Gasteiger partial charge in [-0.2, -0.15) is 0 Å². The molecule has 6 aromatic rings. The maximum atomic E-state index is 13.1. The standard InChI is InChI=1S/C26H17BNO4PS/c27-19-11-13-20(14-12-19)34(29,30)28-33-31-23-15-9-17-5-1-3-7-21(17)25(23)26-22-8-4-2-6-18(22)10-16-24(26)32-33/h1-16,28H. The van der Waals surface area contributed by atoms with Crippen LogP contribution < -0.4 is 9.96 Å². The fourth-order valence-corrected chi connectivity index (χ4v) is 6.90. The minimum Gasteiger partial charge on any atom is -0.407 e. The minimum absolute atomic E-state index is 0.0816. The third-order valence-electron chi connectivity index (χ3n) is 5.78. The molecule has 0 bridgehead atoms. The minimum atomic E-state index is -3.91. The van der Waals surface area contributed by atoms with Crippen molar-refractivity contribution in [1.82, 2.24) is 0 Å². The third kappa shape index (κ3) is 3.59. The lowest BCUT2D eigenvalue weighted by molar-refractivity contribution is 0.599. The lowest BCUT2D eigenvalue weighted by atomic mass is 9.97. The molecule has 0 amide bonds. The van der Waals surface area contributed by atoms with Crippen molar-refractivity contribution in [2.45, 2.75) is 4.90 Å². The molecule has 6 rings (SSSR count). The van der Waals surface area contributed by atoms with Crippen LogP contribution in [0.2, 0.25) is 0 Å². The Hall–Kier alpha value is -3.51. The highest BCUT2D eigenvalue weighted by Gasteiger charge is 2.19. The van der Waals surface area contributed by atoms with Crippen molar-refractivity contribution < 1.29 is 16.8 Å². The van der Waals surface area contributed by atoms with Crippen molar-refractivity contribution in [2.24, 2.45) is 0 Å². The highest BCUT2D eigenvalue weighted by Crippen LogP contribution is 2.40. The van der Waals surface area contributed by atoms with Crippen LogP contribution in [0.4, 0.5) is 0 Å². The quantitative estimate of drug-likeness (QED) is 0.300. The number of nitrogens with one attached hydrogen (secondary N) is 1. The first-order valence-electron chi connectivity index (χ1n) is 10.6. The zero-order valence-electron chi connectivity index (χ0n) is 17.8. The molecule has 0 spiro atoms. The summed E-state index contributed by atoms with van der Waals surface area (Å²) in [4.78, 5) is 0.0816. The zero-order valence-corrected chi connectivity index (χ0v) is 19.5. The summed E-state index contributed by atoms with van der Waals surface area (Å²) in [6.45, 7) is 0. The van der Waals surface area contributed by atoms with Crippen molar-refractivity contribution in [3.05, 3.63) is 97.1 Å². The Morgan fingerprint density at radius 3 is 1.68 bits per heavy atom. The van der Waals surface area contributed by atoms with Gasteiger partial charge < -0.3 is 8.39 Å². The molecule has 0 aliphatic heterocycles. The number of benzene rings is 5. The van der Waals surface area contributed by atoms with E-state index in [2.05, 4.69) is 4.49 Å². The van der Waals surface area contributed by atoms with Gasteiger partial charge in [-0.25, -0.2) is 8.42 Å². The van der Waals surface area contributed by atoms with E-state index in [1.165, 1.54) is 12.1 Å². The van der Waals surface area contributed by atoms with Gasteiger partial charge in [-0.1, -0.05) is 78.3 Å². The fraction of sp³-hybridized carbons (Fsp3) is 0. The van der Waals surface area contributed by atoms with Crippen molar-refractivity contribution >= 4 is 75.0 Å². The predicted molar refractivity (Wildman–Crippen MR) is 140 cm³/mol. The monoisotopic (exact) mass is 481 g/mol. The molecule has 5 aromatic carbocycles. The molecule has 0 aliphatic carbocycles. The van der Waals surface area contributed by atoms with Gasteiger partial charge in [-0.3, -0.25) is 0 Å². The smallest absolute Gasteiger partial charge is 0.321 e. The summed E-state index contributed by atoms with van der Waals surface area (Å²) in [6, 6.07) is 29.7. The van der Waals surface area contributed by atoms with Crippen molar-refractivity contribution in [3.8, 4) is 0 Å². The van der Waals surface area contributed by atoms with Gasteiger partial charge >= 0.3 is 8.16 Å². The Bertz CT molecular complexity index is 1770. The van der Waals surface area contributed by atoms with Crippen LogP contribution in [-0.2, 0) is 10.0 Å². The molecule has 1 heterocycles. The number of fused-ring (bicyclic) bond motifs is 7. The average Bonchev–Trinajstić information content (AvgIpc) is 3.00. The average molecular weight is 481 g/mol. The Kier molecular flexibility index (Phi) is 4.99. The topological polar surface area (TPSA) is 72.5 Å². The van der Waals surface area contributed by atoms with Crippen LogP contribution >= 0.6 is 8.16 Å². The molecule has 0 aliphatic rings. The largest absolute Gasteiger partial charge is 0.407 e. The Balaban J connectivity index is 1.70. The molecule has 0 saturated carbocycles. The van der Waals surface area contributed by atoms with E-state index in [0.717, 1.165) is 32.3 Å². The Morgan fingerprint density at radius 1 is 0.647 bits per heavy atom. The Morgan fingerprint density at radius 2 is 1.15 bits per heavy atom. The molecular weight excluding hydrogens is 464 g/mol. The fourth-order valence-electron chi connectivity index (χ4n) is 4.20. The third-order valence-corrected chi connectivity index (χ3v) is 8.95. The van der Waals surface area contributed by atoms with Gasteiger partial charge in [0.05, 0.1) is 4.90 Å². The maximum absolute atomic E-state index is 13.1. The summed E-state index contributed by atoms with van der Waals surface area (Å²) >= 11 is 0. The maximum Gasteiger partial charge on any atom is 0.321 e. The van der Waals surface area contributed by atoms with Gasteiger partial charge in [0.1, 0.15) is 19.0 Å². The molecule has 2 radical (unpaired) electrons. The van der Waals surface area contributed by atoms with E-state index in [1.54, 1.807) is 12.1 Å². The van der Waals surface area contributed by atoms with Crippen LogP contribution in [0.1, 0.15) is 0 Å². The molecule has 0 fully saturated rings. The molecule has 34 heavy (non-hydrogen) atoms. The SMILES string of the molecule is [B]c1ccc(S(=O)(=O)Np2oc3ccc4ccccc4c3c3c(ccc4ccccc43)o2)cc1. The van der Waals surface area contributed by atoms with Gasteiger partial charge in [0.2, 0.25) is 0 Å². The van der Waals surface area contributed by atoms with Gasteiger partial charge in [-0.15, -0.1) is 4.49 Å². The molecule has 5 nitrogen and oxygen atoms in total. The van der Waals surface area contributed by atoms with E-state index < -0.39 is 18.2 Å². The molecule has 0 saturated heterocycles. The number of hydrogen-bond donors (Lipinski definition) is 1. The second-order valence-electron chi connectivity index (χ2n) is 7.92. The first-order valence-corrected chi connectivity index (χ1v) is 13.2. The second kappa shape index (κ2) is 8.06. The molecule has 1 aromatic heterocycles. The van der Waals surface area contributed by atoms with E-state index in [4.69, 9.17) is 16.2 Å². The highest BCUT2D eigenvalue weighted by molar-refractivity contribution is 7.97. The lowest BCUT2D eigenvalue weighted by Gasteiger charge is -2.05. The first kappa shape index (κ1) is 21.1. The van der Waals surface area contributed by atoms with Crippen molar-refractivity contribution in [3.63, 3.8) is 0 Å². The van der Waals surface area contributed by atoms with Gasteiger partial charge in [0.15, 0.2) is 0 Å². The van der Waals surface area contributed by atoms with Crippen LogP contribution in [0.5, 0.6) is 0 Å². The number of rotatable bonds is 3. The van der Waals surface area contributed by atoms with Gasteiger partial charge in [-0.05, 0) is 45.8 Å². The van der Waals surface area contributed by atoms with E-state index in [-0.39, 0.29) is 4.90 Å². The van der Waals surface area contributed by atoms with Gasteiger partial charge in [0, 0.05) is 10.8 Å². The predicted octanol–water partition coefficient (Wildman–Crippen LogP) is 6.32. The zero-order chi connectivity index (χ0) is 23.3. The van der Waals surface area contributed by atoms with Crippen molar-refractivity contribution in [1.29, 1.82) is 0 Å². The summed E-state index contributed by atoms with van der Waals surface area (Å²) in [5.74, 6) is 0. The lowest BCUT2D eigenvalue weighted by Crippen LogP contribution is -2.11. The van der Waals surface area contributed by atoms with E-state index in [9.17, 15) is 8.42 Å². The van der Waals surface area contributed by atoms with Crippen LogP contribution in [0.15, 0.2) is 110 Å². The van der Waals surface area contributed by atoms with Gasteiger partial charge in [0.25, 0.3) is 10.0 Å². The first-order chi connectivity index (χ1) is 16.5. The number of hydrogen-bond acceptors (Lipinski definition) is 4. The van der Waals surface area contributed by atoms with E-state index in [1.807, 2.05) is 72.8 Å². The molecule has 8 heteroatoms. The molecule has 164 valence electrons. The summed E-state index contributed by atoms with van der Waals surface area (Å²) in [5.41, 5.74) is 1.59. The van der Waals surface area contributed by atoms with E-state index in [0.29, 0.717) is 16.6 Å². The normalized spacial score (nSPS) is 12.0. The van der Waals surface area contributed by atoms with Crippen LogP contribution in [-0.4, -0.2) is 16.3 Å². The highest BCUT2D eigenvalue weighted by atomic mass is 32.2. The summed E-state index contributed by atoms with van der Waals surface area (Å²) < 4.78 is 41.2.